The van der Waals surface area contributed by atoms with Crippen LogP contribution in [-0.2, 0) is 5.41 Å². The second kappa shape index (κ2) is 7.28. The highest BCUT2D eigenvalue weighted by Crippen LogP contribution is 2.29. The van der Waals surface area contributed by atoms with Gasteiger partial charge in [0.05, 0.1) is 11.1 Å². The highest BCUT2D eigenvalue weighted by Gasteiger charge is 2.22. The maximum atomic E-state index is 12.7. The Balaban J connectivity index is 1.81. The molecule has 1 aromatic carbocycles. The number of para-hydroxylation sites is 1. The van der Waals surface area contributed by atoms with Crippen LogP contribution in [0.25, 0.3) is 0 Å². The van der Waals surface area contributed by atoms with Gasteiger partial charge in [-0.15, -0.1) is 0 Å². The minimum atomic E-state index is -0.259. The highest BCUT2D eigenvalue weighted by molar-refractivity contribution is 6.06. The number of rotatable bonds is 3. The SMILES string of the molecule is CC(C)(C)c1ccccc1NC(=O)c1cncc(C(=O)N2CCCC2)c1. The maximum Gasteiger partial charge on any atom is 0.257 e. The quantitative estimate of drug-likeness (QED) is 0.913. The van der Waals surface area contributed by atoms with Gasteiger partial charge in [0.25, 0.3) is 11.8 Å². The predicted molar refractivity (Wildman–Crippen MR) is 102 cm³/mol. The summed E-state index contributed by atoms with van der Waals surface area (Å²) in [6, 6.07) is 9.40. The van der Waals surface area contributed by atoms with Crippen molar-refractivity contribution in [3.63, 3.8) is 0 Å². The third-order valence-electron chi connectivity index (χ3n) is 4.62. The van der Waals surface area contributed by atoms with Crippen LogP contribution in [0.15, 0.2) is 42.7 Å². The van der Waals surface area contributed by atoms with Crippen LogP contribution in [0.4, 0.5) is 5.69 Å². The molecule has 1 saturated heterocycles. The monoisotopic (exact) mass is 351 g/mol. The van der Waals surface area contributed by atoms with Crippen molar-refractivity contribution in [1.82, 2.24) is 9.88 Å². The average molecular weight is 351 g/mol. The summed E-state index contributed by atoms with van der Waals surface area (Å²) in [7, 11) is 0. The zero-order chi connectivity index (χ0) is 18.7. The summed E-state index contributed by atoms with van der Waals surface area (Å²) < 4.78 is 0. The first-order valence-electron chi connectivity index (χ1n) is 9.01. The van der Waals surface area contributed by atoms with Gasteiger partial charge in [0.15, 0.2) is 0 Å². The number of nitrogens with one attached hydrogen (secondary N) is 1. The second-order valence-corrected chi connectivity index (χ2v) is 7.71. The number of carbonyl (C=O) groups is 2. The molecular formula is C21H25N3O2. The lowest BCUT2D eigenvalue weighted by atomic mass is 9.86. The zero-order valence-corrected chi connectivity index (χ0v) is 15.6. The van der Waals surface area contributed by atoms with E-state index in [1.165, 1.54) is 12.4 Å². The van der Waals surface area contributed by atoms with Crippen LogP contribution in [0.1, 0.15) is 59.9 Å². The number of carbonyl (C=O) groups excluding carboxylic acids is 2. The summed E-state index contributed by atoms with van der Waals surface area (Å²) in [5.41, 5.74) is 2.60. The minimum absolute atomic E-state index is 0.0558. The fraction of sp³-hybridized carbons (Fsp3) is 0.381. The molecule has 0 spiro atoms. The Hall–Kier alpha value is -2.69. The molecule has 0 unspecified atom stereocenters. The number of hydrogen-bond acceptors (Lipinski definition) is 3. The van der Waals surface area contributed by atoms with Crippen molar-refractivity contribution in [1.29, 1.82) is 0 Å². The van der Waals surface area contributed by atoms with Gasteiger partial charge in [0.1, 0.15) is 0 Å². The van der Waals surface area contributed by atoms with E-state index in [4.69, 9.17) is 0 Å². The fourth-order valence-electron chi connectivity index (χ4n) is 3.22. The molecular weight excluding hydrogens is 326 g/mol. The molecule has 0 saturated carbocycles. The number of amides is 2. The van der Waals surface area contributed by atoms with Gasteiger partial charge in [0, 0.05) is 31.2 Å². The van der Waals surface area contributed by atoms with Crippen molar-refractivity contribution >= 4 is 17.5 Å². The number of nitrogens with zero attached hydrogens (tertiary/aromatic N) is 2. The summed E-state index contributed by atoms with van der Waals surface area (Å²) in [5, 5.41) is 2.97. The molecule has 5 heteroatoms. The first-order chi connectivity index (χ1) is 12.4. The van der Waals surface area contributed by atoms with Crippen LogP contribution in [0.2, 0.25) is 0 Å². The molecule has 1 aliphatic heterocycles. The molecule has 0 radical (unpaired) electrons. The van der Waals surface area contributed by atoms with E-state index in [1.54, 1.807) is 6.07 Å². The first-order valence-corrected chi connectivity index (χ1v) is 9.01. The van der Waals surface area contributed by atoms with E-state index in [1.807, 2.05) is 29.2 Å². The van der Waals surface area contributed by atoms with Crippen LogP contribution < -0.4 is 5.32 Å². The molecule has 2 amide bonds. The fourth-order valence-corrected chi connectivity index (χ4v) is 3.22. The first kappa shape index (κ1) is 18.1. The molecule has 3 rings (SSSR count). The molecule has 0 atom stereocenters. The minimum Gasteiger partial charge on any atom is -0.339 e. The molecule has 0 aliphatic carbocycles. The molecule has 136 valence electrons. The van der Waals surface area contributed by atoms with E-state index in [2.05, 4.69) is 31.1 Å². The second-order valence-electron chi connectivity index (χ2n) is 7.71. The van der Waals surface area contributed by atoms with E-state index in [0.717, 1.165) is 37.2 Å². The van der Waals surface area contributed by atoms with Gasteiger partial charge in [-0.1, -0.05) is 39.0 Å². The zero-order valence-electron chi connectivity index (χ0n) is 15.6. The average Bonchev–Trinajstić information content (AvgIpc) is 3.15. The van der Waals surface area contributed by atoms with E-state index < -0.39 is 0 Å². The number of hydrogen-bond donors (Lipinski definition) is 1. The molecule has 2 heterocycles. The normalized spacial score (nSPS) is 14.3. The third-order valence-corrected chi connectivity index (χ3v) is 4.62. The summed E-state index contributed by atoms with van der Waals surface area (Å²) in [5.74, 6) is -0.315. The topological polar surface area (TPSA) is 62.3 Å². The van der Waals surface area contributed by atoms with Gasteiger partial charge < -0.3 is 10.2 Å². The van der Waals surface area contributed by atoms with E-state index >= 15 is 0 Å². The van der Waals surface area contributed by atoms with Crippen LogP contribution in [0, 0.1) is 0 Å². The lowest BCUT2D eigenvalue weighted by molar-refractivity contribution is 0.0792. The summed E-state index contributed by atoms with van der Waals surface area (Å²) >= 11 is 0. The van der Waals surface area contributed by atoms with E-state index in [9.17, 15) is 9.59 Å². The summed E-state index contributed by atoms with van der Waals surface area (Å²) in [6.07, 6.45) is 5.09. The van der Waals surface area contributed by atoms with Crippen molar-refractivity contribution in [3.8, 4) is 0 Å². The molecule has 2 aromatic rings. The molecule has 1 N–H and O–H groups in total. The Bertz CT molecular complexity index is 818. The number of anilines is 1. The lowest BCUT2D eigenvalue weighted by Gasteiger charge is -2.23. The summed E-state index contributed by atoms with van der Waals surface area (Å²) in [6.45, 7) is 7.86. The van der Waals surface area contributed by atoms with Gasteiger partial charge in [-0.3, -0.25) is 14.6 Å². The standard InChI is InChI=1S/C21H25N3O2/c1-21(2,3)17-8-4-5-9-18(17)23-19(25)15-12-16(14-22-13-15)20(26)24-10-6-7-11-24/h4-5,8-9,12-14H,6-7,10-11H2,1-3H3,(H,23,25). The number of aromatic nitrogens is 1. The largest absolute Gasteiger partial charge is 0.339 e. The van der Waals surface area contributed by atoms with Gasteiger partial charge in [0.2, 0.25) is 0 Å². The Morgan fingerprint density at radius 2 is 1.69 bits per heavy atom. The Morgan fingerprint density at radius 1 is 1.04 bits per heavy atom. The van der Waals surface area contributed by atoms with Crippen LogP contribution >= 0.6 is 0 Å². The Morgan fingerprint density at radius 3 is 2.38 bits per heavy atom. The van der Waals surface area contributed by atoms with Crippen LogP contribution in [-0.4, -0.2) is 34.8 Å². The van der Waals surface area contributed by atoms with Gasteiger partial charge in [-0.25, -0.2) is 0 Å². The highest BCUT2D eigenvalue weighted by atomic mass is 16.2. The number of likely N-dealkylation sites (tertiary alicyclic amines) is 1. The van der Waals surface area contributed by atoms with Crippen LogP contribution in [0.3, 0.4) is 0 Å². The van der Waals surface area contributed by atoms with E-state index in [-0.39, 0.29) is 17.2 Å². The van der Waals surface area contributed by atoms with Crippen molar-refractivity contribution in [3.05, 3.63) is 59.4 Å². The molecule has 1 fully saturated rings. The van der Waals surface area contributed by atoms with Gasteiger partial charge in [-0.05, 0) is 36.0 Å². The van der Waals surface area contributed by atoms with Gasteiger partial charge >= 0.3 is 0 Å². The Labute approximate surface area is 154 Å². The number of pyridine rings is 1. The molecule has 26 heavy (non-hydrogen) atoms. The number of benzene rings is 1. The lowest BCUT2D eigenvalue weighted by Crippen LogP contribution is -2.28. The molecule has 1 aliphatic rings. The smallest absolute Gasteiger partial charge is 0.257 e. The predicted octanol–water partition coefficient (Wildman–Crippen LogP) is 3.87. The van der Waals surface area contributed by atoms with Crippen molar-refractivity contribution < 1.29 is 9.59 Å². The maximum absolute atomic E-state index is 12.7. The summed E-state index contributed by atoms with van der Waals surface area (Å²) in [4.78, 5) is 31.1. The Kier molecular flexibility index (Phi) is 5.07. The van der Waals surface area contributed by atoms with Crippen molar-refractivity contribution in [2.24, 2.45) is 0 Å². The van der Waals surface area contributed by atoms with Gasteiger partial charge in [-0.2, -0.15) is 0 Å². The van der Waals surface area contributed by atoms with E-state index in [0.29, 0.717) is 11.1 Å². The molecule has 5 nitrogen and oxygen atoms in total. The molecule has 1 aromatic heterocycles. The van der Waals surface area contributed by atoms with Crippen molar-refractivity contribution in [2.75, 3.05) is 18.4 Å². The third kappa shape index (κ3) is 3.93. The van der Waals surface area contributed by atoms with Crippen LogP contribution in [0.5, 0.6) is 0 Å². The molecule has 0 bridgehead atoms. The van der Waals surface area contributed by atoms with Crippen molar-refractivity contribution in [2.45, 2.75) is 39.0 Å².